The molecule has 0 aromatic carbocycles. The van der Waals surface area contributed by atoms with Gasteiger partial charge in [-0.25, -0.2) is 9.13 Å². The molecule has 5 unspecified atom stereocenters. The number of allylic oxidation sites excluding steroid dienone is 24. The molecule has 0 radical (unpaired) electrons. The monoisotopic (exact) mass is 1530 g/mol. The SMILES string of the molecule is CC/C=C\C/C=C\C/C=C\C/C=C\C/C=C\CCCC(=O)OC(COC(=O)CCCCCCCC/C=C\C/C=C\C/C=C\CCCCC)COP(=O)(O)OCC(O)COP(=O)(O)OCC(COC(=O)CCCC/C=C\C/C=C\C/C=C\C/C=C\CC)OC(=O)CCCCCCCCCCCCCCCCC. The van der Waals surface area contributed by atoms with Crippen LogP contribution in [-0.2, 0) is 65.4 Å². The summed E-state index contributed by atoms with van der Waals surface area (Å²) in [6.07, 6.45) is 89.7. The van der Waals surface area contributed by atoms with Gasteiger partial charge < -0.3 is 33.8 Å². The van der Waals surface area contributed by atoms with Gasteiger partial charge in [0, 0.05) is 25.7 Å². The fraction of sp³-hybridized carbons (Fsp3) is 0.678. The molecule has 106 heavy (non-hydrogen) atoms. The average molecular weight is 1530 g/mol. The van der Waals surface area contributed by atoms with Crippen LogP contribution >= 0.6 is 15.6 Å². The predicted octanol–water partition coefficient (Wildman–Crippen LogP) is 24.2. The van der Waals surface area contributed by atoms with Gasteiger partial charge in [0.25, 0.3) is 0 Å². The van der Waals surface area contributed by atoms with Crippen molar-refractivity contribution in [2.45, 2.75) is 341 Å². The van der Waals surface area contributed by atoms with Crippen LogP contribution in [0.2, 0.25) is 0 Å². The Morgan fingerprint density at radius 2 is 0.500 bits per heavy atom. The van der Waals surface area contributed by atoms with Crippen LogP contribution in [0, 0.1) is 0 Å². The largest absolute Gasteiger partial charge is 0.472 e. The highest BCUT2D eigenvalue weighted by molar-refractivity contribution is 7.47. The van der Waals surface area contributed by atoms with Gasteiger partial charge in [-0.05, 0) is 141 Å². The Hall–Kier alpha value is -5.06. The van der Waals surface area contributed by atoms with Gasteiger partial charge in [-0.3, -0.25) is 37.3 Å². The van der Waals surface area contributed by atoms with Gasteiger partial charge in [-0.15, -0.1) is 0 Å². The molecule has 0 aliphatic carbocycles. The van der Waals surface area contributed by atoms with Crippen LogP contribution in [0.3, 0.4) is 0 Å². The van der Waals surface area contributed by atoms with E-state index in [1.807, 2.05) is 12.2 Å². The molecule has 0 amide bonds. The topological polar surface area (TPSA) is 237 Å². The van der Waals surface area contributed by atoms with Gasteiger partial charge in [-0.2, -0.15) is 0 Å². The number of aliphatic hydroxyl groups excluding tert-OH is 1. The van der Waals surface area contributed by atoms with Crippen molar-refractivity contribution in [3.8, 4) is 0 Å². The molecule has 0 rings (SSSR count). The van der Waals surface area contributed by atoms with Crippen LogP contribution < -0.4 is 0 Å². The minimum atomic E-state index is -5.00. The Labute approximate surface area is 643 Å². The van der Waals surface area contributed by atoms with Crippen molar-refractivity contribution in [3.63, 3.8) is 0 Å². The van der Waals surface area contributed by atoms with E-state index < -0.39 is 97.5 Å². The number of rotatable bonds is 76. The Kier molecular flexibility index (Phi) is 74.3. The Balaban J connectivity index is 5.46. The molecule has 3 N–H and O–H groups in total. The lowest BCUT2D eigenvalue weighted by Crippen LogP contribution is -2.30. The van der Waals surface area contributed by atoms with E-state index in [4.69, 9.17) is 37.0 Å². The number of unbranched alkanes of at least 4 members (excludes halogenated alkanes) is 26. The number of hydrogen-bond acceptors (Lipinski definition) is 15. The molecule has 0 aliphatic heterocycles. The standard InChI is InChI=1S/C87H146O17P2/c1-5-9-13-17-21-25-29-33-37-39-40-42-45-48-52-56-60-64-68-72-85(90)98-78-83(104-87(92)74-70-66-62-58-54-50-46-41-38-34-30-26-22-18-14-10-6-2)80-102-106(95,96)100-76-81(88)75-99-105(93,94)101-79-82(103-86(91)73-69-65-61-57-53-49-44-36-32-28-24-20-16-12-8-4)77-97-84(89)71-67-63-59-55-51-47-43-35-31-27-23-19-15-11-7-3/h10-11,14-15,21-23,25-27,33-35,37-38,40,42-43,46,50-51,55,58,62,81-83,88H,5-9,12-13,16-20,24,28-32,36,39,41,44-45,47-49,52-54,56-57,59-61,63-80H2,1-4H3,(H,93,94)(H,95,96)/b14-10-,15-11-,25-21-,26-22-,27-23-,37-33-,38-34-,42-40-,43-35-,50-46-,55-51-,62-58-. The Morgan fingerprint density at radius 1 is 0.274 bits per heavy atom. The van der Waals surface area contributed by atoms with Crippen molar-refractivity contribution in [3.05, 3.63) is 146 Å². The average Bonchev–Trinajstić information content (AvgIpc) is 0.907. The zero-order valence-electron chi connectivity index (χ0n) is 66.3. The summed E-state index contributed by atoms with van der Waals surface area (Å²) < 4.78 is 68.6. The maximum Gasteiger partial charge on any atom is 0.472 e. The first-order chi connectivity index (χ1) is 51.7. The van der Waals surface area contributed by atoms with Crippen LogP contribution in [0.15, 0.2) is 146 Å². The molecular formula is C87H146O17P2. The Morgan fingerprint density at radius 3 is 0.830 bits per heavy atom. The molecule has 0 spiro atoms. The zero-order valence-corrected chi connectivity index (χ0v) is 68.1. The van der Waals surface area contributed by atoms with Crippen molar-refractivity contribution >= 4 is 39.5 Å². The van der Waals surface area contributed by atoms with Crippen LogP contribution in [0.5, 0.6) is 0 Å². The molecular weight excluding hydrogens is 1380 g/mol. The number of aliphatic hydroxyl groups is 1. The minimum Gasteiger partial charge on any atom is -0.462 e. The van der Waals surface area contributed by atoms with E-state index in [-0.39, 0.29) is 25.7 Å². The van der Waals surface area contributed by atoms with Gasteiger partial charge in [0.05, 0.1) is 26.4 Å². The van der Waals surface area contributed by atoms with Gasteiger partial charge in [0.15, 0.2) is 12.2 Å². The molecule has 19 heteroatoms. The first-order valence-electron chi connectivity index (χ1n) is 41.1. The van der Waals surface area contributed by atoms with E-state index in [2.05, 4.69) is 161 Å². The molecule has 0 saturated carbocycles. The first-order valence-corrected chi connectivity index (χ1v) is 44.1. The fourth-order valence-electron chi connectivity index (χ4n) is 10.6. The number of ether oxygens (including phenoxy) is 4. The summed E-state index contributed by atoms with van der Waals surface area (Å²) >= 11 is 0. The second-order valence-corrected chi connectivity index (χ2v) is 29.9. The third-order valence-electron chi connectivity index (χ3n) is 16.8. The fourth-order valence-corrected chi connectivity index (χ4v) is 12.2. The second-order valence-electron chi connectivity index (χ2n) is 27.0. The summed E-state index contributed by atoms with van der Waals surface area (Å²) in [5, 5.41) is 10.7. The van der Waals surface area contributed by atoms with Crippen molar-refractivity contribution < 1.29 is 80.2 Å². The summed E-state index contributed by atoms with van der Waals surface area (Å²) in [6, 6.07) is 0. The summed E-state index contributed by atoms with van der Waals surface area (Å²) in [7, 11) is -10.00. The quantitative estimate of drug-likeness (QED) is 0.0169. The number of phosphoric acid groups is 2. The summed E-state index contributed by atoms with van der Waals surface area (Å²) in [5.74, 6) is -2.30. The molecule has 0 saturated heterocycles. The molecule has 5 atom stereocenters. The maximum absolute atomic E-state index is 13.1. The van der Waals surface area contributed by atoms with Crippen LogP contribution in [-0.4, -0.2) is 96.7 Å². The van der Waals surface area contributed by atoms with Crippen LogP contribution in [0.1, 0.15) is 323 Å². The highest BCUT2D eigenvalue weighted by Gasteiger charge is 2.30. The maximum atomic E-state index is 13.1. The predicted molar refractivity (Wildman–Crippen MR) is 436 cm³/mol. The molecule has 0 bridgehead atoms. The highest BCUT2D eigenvalue weighted by Crippen LogP contribution is 2.45. The normalized spacial score (nSPS) is 14.6. The van der Waals surface area contributed by atoms with E-state index >= 15 is 0 Å². The zero-order chi connectivity index (χ0) is 77.4. The van der Waals surface area contributed by atoms with Gasteiger partial charge in [-0.1, -0.05) is 302 Å². The number of carbonyl (C=O) groups excluding carboxylic acids is 4. The third-order valence-corrected chi connectivity index (χ3v) is 18.7. The van der Waals surface area contributed by atoms with Crippen molar-refractivity contribution in [1.82, 2.24) is 0 Å². The lowest BCUT2D eigenvalue weighted by molar-refractivity contribution is -0.161. The van der Waals surface area contributed by atoms with Crippen molar-refractivity contribution in [2.24, 2.45) is 0 Å². The van der Waals surface area contributed by atoms with Gasteiger partial charge in [0.2, 0.25) is 0 Å². The van der Waals surface area contributed by atoms with Crippen LogP contribution in [0.4, 0.5) is 0 Å². The molecule has 0 fully saturated rings. The van der Waals surface area contributed by atoms with Crippen molar-refractivity contribution in [2.75, 3.05) is 39.6 Å². The van der Waals surface area contributed by atoms with Crippen molar-refractivity contribution in [1.29, 1.82) is 0 Å². The summed E-state index contributed by atoms with van der Waals surface area (Å²) in [4.78, 5) is 73.1. The lowest BCUT2D eigenvalue weighted by atomic mass is 10.0. The Bertz CT molecular complexity index is 2580. The lowest BCUT2D eigenvalue weighted by Gasteiger charge is -2.21. The molecule has 0 heterocycles. The molecule has 606 valence electrons. The summed E-state index contributed by atoms with van der Waals surface area (Å²) in [6.45, 7) is 4.52. The van der Waals surface area contributed by atoms with E-state index in [1.165, 1.54) is 83.5 Å². The first kappa shape index (κ1) is 101. The number of phosphoric ester groups is 2. The van der Waals surface area contributed by atoms with Gasteiger partial charge >= 0.3 is 39.5 Å². The highest BCUT2D eigenvalue weighted by atomic mass is 31.2. The molecule has 0 aromatic rings. The van der Waals surface area contributed by atoms with E-state index in [1.54, 1.807) is 0 Å². The van der Waals surface area contributed by atoms with E-state index in [0.717, 1.165) is 154 Å². The molecule has 0 aliphatic rings. The second kappa shape index (κ2) is 78.1. The van der Waals surface area contributed by atoms with E-state index in [0.29, 0.717) is 32.1 Å². The number of hydrogen-bond donors (Lipinski definition) is 3. The van der Waals surface area contributed by atoms with Gasteiger partial charge in [0.1, 0.15) is 19.3 Å². The third kappa shape index (κ3) is 77.1. The number of esters is 4. The summed E-state index contributed by atoms with van der Waals surface area (Å²) in [5.41, 5.74) is 0. The molecule has 17 nitrogen and oxygen atoms in total. The molecule has 0 aromatic heterocycles. The van der Waals surface area contributed by atoms with E-state index in [9.17, 15) is 43.2 Å². The number of carbonyl (C=O) groups is 4. The van der Waals surface area contributed by atoms with Crippen LogP contribution in [0.25, 0.3) is 0 Å². The smallest absolute Gasteiger partial charge is 0.462 e. The minimum absolute atomic E-state index is 0.00904.